The molecule has 6 nitrogen and oxygen atoms in total. The summed E-state index contributed by atoms with van der Waals surface area (Å²) in [5, 5.41) is 4.22. The first-order valence-corrected chi connectivity index (χ1v) is 12.1. The highest BCUT2D eigenvalue weighted by atomic mass is 16.6. The number of nitrogens with zero attached hydrogens (tertiary/aromatic N) is 3. The maximum absolute atomic E-state index is 12.2. The Kier molecular flexibility index (Phi) is 7.90. The van der Waals surface area contributed by atoms with Crippen molar-refractivity contribution >= 4 is 5.97 Å². The Bertz CT molecular complexity index is 1160. The molecule has 3 aromatic rings. The summed E-state index contributed by atoms with van der Waals surface area (Å²) in [7, 11) is 0. The quantitative estimate of drug-likeness (QED) is 0.357. The maximum Gasteiger partial charge on any atom is 0.306 e. The third-order valence-electron chi connectivity index (χ3n) is 5.70. The second-order valence-corrected chi connectivity index (χ2v) is 10.4. The highest BCUT2D eigenvalue weighted by molar-refractivity contribution is 5.70. The van der Waals surface area contributed by atoms with Crippen LogP contribution in [0.5, 0.6) is 0 Å². The van der Waals surface area contributed by atoms with Gasteiger partial charge in [-0.1, -0.05) is 25.9 Å². The Morgan fingerprint density at radius 2 is 1.82 bits per heavy atom. The Morgan fingerprint density at radius 3 is 2.44 bits per heavy atom. The van der Waals surface area contributed by atoms with E-state index >= 15 is 0 Å². The molecule has 0 fully saturated rings. The second kappa shape index (κ2) is 10.5. The number of pyridine rings is 1. The van der Waals surface area contributed by atoms with E-state index in [0.29, 0.717) is 36.2 Å². The minimum absolute atomic E-state index is 0.178. The van der Waals surface area contributed by atoms with Crippen LogP contribution in [0.1, 0.15) is 75.8 Å². The van der Waals surface area contributed by atoms with Crippen LogP contribution in [-0.4, -0.2) is 26.7 Å². The third-order valence-corrected chi connectivity index (χ3v) is 5.70. The SMILES string of the molecule is CCc1cc(-c2noc(-c3cc(C)c(CC(C)C)cn3)n2)cc(C)c1CCC(=O)OC(C)(C)C. The zero-order chi connectivity index (χ0) is 25.0. The van der Waals surface area contributed by atoms with E-state index in [4.69, 9.17) is 9.26 Å². The lowest BCUT2D eigenvalue weighted by atomic mass is 9.93. The molecule has 182 valence electrons. The van der Waals surface area contributed by atoms with E-state index in [9.17, 15) is 4.79 Å². The van der Waals surface area contributed by atoms with E-state index in [2.05, 4.69) is 61.9 Å². The van der Waals surface area contributed by atoms with Crippen molar-refractivity contribution in [3.63, 3.8) is 0 Å². The van der Waals surface area contributed by atoms with Gasteiger partial charge in [0.2, 0.25) is 5.82 Å². The molecule has 0 saturated heterocycles. The fourth-order valence-electron chi connectivity index (χ4n) is 4.11. The summed E-state index contributed by atoms with van der Waals surface area (Å²) in [6.45, 7) is 16.3. The predicted molar refractivity (Wildman–Crippen MR) is 135 cm³/mol. The van der Waals surface area contributed by atoms with E-state index in [1.165, 1.54) is 22.3 Å². The summed E-state index contributed by atoms with van der Waals surface area (Å²) in [5.74, 6) is 1.35. The van der Waals surface area contributed by atoms with E-state index < -0.39 is 5.60 Å². The number of hydrogen-bond donors (Lipinski definition) is 0. The van der Waals surface area contributed by atoms with Crippen molar-refractivity contribution in [3.8, 4) is 23.0 Å². The molecule has 0 aliphatic rings. The highest BCUT2D eigenvalue weighted by Crippen LogP contribution is 2.28. The van der Waals surface area contributed by atoms with E-state index in [1.54, 1.807) is 0 Å². The molecule has 0 N–H and O–H groups in total. The summed E-state index contributed by atoms with van der Waals surface area (Å²) in [6.07, 6.45) is 4.75. The van der Waals surface area contributed by atoms with Gasteiger partial charge in [-0.3, -0.25) is 9.78 Å². The van der Waals surface area contributed by atoms with Crippen LogP contribution in [0, 0.1) is 19.8 Å². The molecular weight excluding hydrogens is 426 g/mol. The van der Waals surface area contributed by atoms with E-state index in [-0.39, 0.29) is 5.97 Å². The van der Waals surface area contributed by atoms with Gasteiger partial charge in [-0.15, -0.1) is 0 Å². The summed E-state index contributed by atoms with van der Waals surface area (Å²) in [4.78, 5) is 21.4. The van der Waals surface area contributed by atoms with Gasteiger partial charge in [0.15, 0.2) is 0 Å². The van der Waals surface area contributed by atoms with Crippen molar-refractivity contribution < 1.29 is 14.1 Å². The van der Waals surface area contributed by atoms with Crippen molar-refractivity contribution in [3.05, 3.63) is 52.2 Å². The third kappa shape index (κ3) is 6.52. The Labute approximate surface area is 203 Å². The molecule has 0 unspecified atom stereocenters. The fraction of sp³-hybridized carbons (Fsp3) is 0.500. The van der Waals surface area contributed by atoms with Gasteiger partial charge in [0, 0.05) is 18.2 Å². The average Bonchev–Trinajstić information content (AvgIpc) is 3.22. The number of ether oxygens (including phenoxy) is 1. The average molecular weight is 464 g/mol. The first kappa shape index (κ1) is 25.6. The first-order valence-electron chi connectivity index (χ1n) is 12.1. The van der Waals surface area contributed by atoms with Crippen LogP contribution in [0.25, 0.3) is 23.0 Å². The van der Waals surface area contributed by atoms with Gasteiger partial charge in [-0.05, 0) is 106 Å². The lowest BCUT2D eigenvalue weighted by Crippen LogP contribution is -2.24. The van der Waals surface area contributed by atoms with Crippen LogP contribution in [0.4, 0.5) is 0 Å². The number of carbonyl (C=O) groups excluding carboxylic acids is 1. The highest BCUT2D eigenvalue weighted by Gasteiger charge is 2.19. The standard InChI is InChI=1S/C28H37N3O3/c1-9-20-15-21(13-19(5)23(20)10-11-25(32)33-28(6,7)8)26-30-27(34-31-26)24-14-18(4)22(16-29-24)12-17(2)3/h13-17H,9-12H2,1-8H3. The largest absolute Gasteiger partial charge is 0.460 e. The molecule has 0 atom stereocenters. The molecule has 0 bridgehead atoms. The van der Waals surface area contributed by atoms with Crippen LogP contribution in [0.15, 0.2) is 28.9 Å². The number of benzene rings is 1. The first-order chi connectivity index (χ1) is 16.0. The topological polar surface area (TPSA) is 78.1 Å². The number of hydrogen-bond acceptors (Lipinski definition) is 6. The number of carbonyl (C=O) groups is 1. The molecule has 2 heterocycles. The normalized spacial score (nSPS) is 11.8. The molecular formula is C28H37N3O3. The van der Waals surface area contributed by atoms with Gasteiger partial charge in [0.1, 0.15) is 11.3 Å². The molecule has 1 aromatic carbocycles. The van der Waals surface area contributed by atoms with Gasteiger partial charge in [-0.2, -0.15) is 4.98 Å². The Balaban J connectivity index is 1.82. The zero-order valence-electron chi connectivity index (χ0n) is 21.8. The van der Waals surface area contributed by atoms with Crippen LogP contribution < -0.4 is 0 Å². The van der Waals surface area contributed by atoms with Crippen molar-refractivity contribution in [2.45, 2.75) is 86.7 Å². The Morgan fingerprint density at radius 1 is 1.09 bits per heavy atom. The number of rotatable bonds is 8. The van der Waals surface area contributed by atoms with E-state index in [1.807, 2.05) is 33.0 Å². The number of aromatic nitrogens is 3. The summed E-state index contributed by atoms with van der Waals surface area (Å²) < 4.78 is 11.0. The summed E-state index contributed by atoms with van der Waals surface area (Å²) in [6, 6.07) is 6.16. The summed E-state index contributed by atoms with van der Waals surface area (Å²) in [5.41, 5.74) is 7.00. The molecule has 2 aromatic heterocycles. The van der Waals surface area contributed by atoms with Crippen molar-refractivity contribution in [1.82, 2.24) is 15.1 Å². The number of aryl methyl sites for hydroxylation is 3. The maximum atomic E-state index is 12.2. The Hall–Kier alpha value is -3.02. The van der Waals surface area contributed by atoms with Crippen LogP contribution >= 0.6 is 0 Å². The minimum atomic E-state index is -0.470. The van der Waals surface area contributed by atoms with Crippen molar-refractivity contribution in [2.24, 2.45) is 5.92 Å². The second-order valence-electron chi connectivity index (χ2n) is 10.4. The summed E-state index contributed by atoms with van der Waals surface area (Å²) >= 11 is 0. The molecule has 34 heavy (non-hydrogen) atoms. The molecule has 0 amide bonds. The van der Waals surface area contributed by atoms with E-state index in [0.717, 1.165) is 24.0 Å². The van der Waals surface area contributed by atoms with Crippen molar-refractivity contribution in [2.75, 3.05) is 0 Å². The van der Waals surface area contributed by atoms with Gasteiger partial charge in [0.05, 0.1) is 0 Å². The van der Waals surface area contributed by atoms with Crippen LogP contribution in [0.3, 0.4) is 0 Å². The van der Waals surface area contributed by atoms with Gasteiger partial charge < -0.3 is 9.26 Å². The van der Waals surface area contributed by atoms with Gasteiger partial charge in [-0.25, -0.2) is 0 Å². The molecule has 0 saturated carbocycles. The van der Waals surface area contributed by atoms with Crippen molar-refractivity contribution in [1.29, 1.82) is 0 Å². The zero-order valence-corrected chi connectivity index (χ0v) is 21.8. The molecule has 0 aliphatic heterocycles. The smallest absolute Gasteiger partial charge is 0.306 e. The minimum Gasteiger partial charge on any atom is -0.460 e. The lowest BCUT2D eigenvalue weighted by molar-refractivity contribution is -0.154. The molecule has 0 aliphatic carbocycles. The van der Waals surface area contributed by atoms with Crippen LogP contribution in [0.2, 0.25) is 0 Å². The molecule has 0 radical (unpaired) electrons. The molecule has 6 heteroatoms. The number of esters is 1. The molecule has 0 spiro atoms. The van der Waals surface area contributed by atoms with Crippen LogP contribution in [-0.2, 0) is 28.8 Å². The van der Waals surface area contributed by atoms with Gasteiger partial charge >= 0.3 is 5.97 Å². The predicted octanol–water partition coefficient (Wildman–Crippen LogP) is 6.45. The lowest BCUT2D eigenvalue weighted by Gasteiger charge is -2.20. The molecule has 3 rings (SSSR count). The fourth-order valence-corrected chi connectivity index (χ4v) is 4.11. The monoisotopic (exact) mass is 463 g/mol. The van der Waals surface area contributed by atoms with Gasteiger partial charge in [0.25, 0.3) is 5.89 Å².